The Morgan fingerprint density at radius 2 is 2.33 bits per heavy atom. The summed E-state index contributed by atoms with van der Waals surface area (Å²) in [6, 6.07) is 4.93. The van der Waals surface area contributed by atoms with Gasteiger partial charge in [-0.05, 0) is 42.9 Å². The van der Waals surface area contributed by atoms with Gasteiger partial charge in [0.05, 0.1) is 11.1 Å². The molecule has 0 radical (unpaired) electrons. The molecular weight excluding hydrogens is 230 g/mol. The lowest BCUT2D eigenvalue weighted by Gasteiger charge is -2.09. The predicted molar refractivity (Wildman–Crippen MR) is 66.4 cm³/mol. The van der Waals surface area contributed by atoms with Gasteiger partial charge >= 0.3 is 5.97 Å². The van der Waals surface area contributed by atoms with E-state index in [-0.39, 0.29) is 5.56 Å². The molecule has 1 aromatic carbocycles. The van der Waals surface area contributed by atoms with Gasteiger partial charge in [0.1, 0.15) is 5.52 Å². The summed E-state index contributed by atoms with van der Waals surface area (Å²) in [7, 11) is 0. The summed E-state index contributed by atoms with van der Waals surface area (Å²) in [6.07, 6.45) is 2.60. The molecule has 0 aliphatic heterocycles. The van der Waals surface area contributed by atoms with Crippen molar-refractivity contribution in [1.29, 1.82) is 0 Å². The van der Waals surface area contributed by atoms with Gasteiger partial charge < -0.3 is 5.11 Å². The second-order valence-electron chi connectivity index (χ2n) is 5.09. The van der Waals surface area contributed by atoms with Crippen molar-refractivity contribution in [3.05, 3.63) is 23.8 Å². The number of hydrogen-bond donors (Lipinski definition) is 1. The van der Waals surface area contributed by atoms with Crippen molar-refractivity contribution < 1.29 is 9.90 Å². The molecular formula is C13H15N3O2. The maximum absolute atomic E-state index is 11.0. The van der Waals surface area contributed by atoms with Gasteiger partial charge in [-0.1, -0.05) is 12.1 Å². The molecule has 1 unspecified atom stereocenters. The lowest BCUT2D eigenvalue weighted by atomic mass is 10.1. The zero-order valence-corrected chi connectivity index (χ0v) is 10.2. The van der Waals surface area contributed by atoms with E-state index in [1.165, 1.54) is 12.8 Å². The molecule has 1 aliphatic carbocycles. The fraction of sp³-hybridized carbons (Fsp3) is 0.462. The summed E-state index contributed by atoms with van der Waals surface area (Å²) in [6.45, 7) is 3.02. The molecule has 2 aromatic rings. The number of aromatic carboxylic acids is 1. The quantitative estimate of drug-likeness (QED) is 0.896. The number of fused-ring (bicyclic) bond motifs is 1. The molecule has 0 bridgehead atoms. The van der Waals surface area contributed by atoms with Crippen molar-refractivity contribution in [2.24, 2.45) is 11.8 Å². The number of carboxylic acid groups (broad SMARTS) is 1. The van der Waals surface area contributed by atoms with Gasteiger partial charge in [-0.15, -0.1) is 5.10 Å². The van der Waals surface area contributed by atoms with Crippen LogP contribution in [0.2, 0.25) is 0 Å². The number of aromatic nitrogens is 3. The normalized spacial score (nSPS) is 16.9. The van der Waals surface area contributed by atoms with Crippen molar-refractivity contribution in [3.63, 3.8) is 0 Å². The summed E-state index contributed by atoms with van der Waals surface area (Å²) >= 11 is 0. The van der Waals surface area contributed by atoms with Gasteiger partial charge in [0.2, 0.25) is 0 Å². The second-order valence-corrected chi connectivity index (χ2v) is 5.09. The zero-order chi connectivity index (χ0) is 12.7. The van der Waals surface area contributed by atoms with E-state index in [0.717, 1.165) is 23.5 Å². The van der Waals surface area contributed by atoms with Crippen LogP contribution in [0.1, 0.15) is 30.1 Å². The van der Waals surface area contributed by atoms with Gasteiger partial charge in [0, 0.05) is 6.54 Å². The van der Waals surface area contributed by atoms with Crippen LogP contribution in [0.3, 0.4) is 0 Å². The molecule has 0 saturated heterocycles. The number of rotatable bonds is 4. The predicted octanol–water partition coefficient (Wildman–Crippen LogP) is 2.18. The minimum Gasteiger partial charge on any atom is -0.478 e. The Morgan fingerprint density at radius 3 is 3.00 bits per heavy atom. The van der Waals surface area contributed by atoms with Crippen LogP contribution in [-0.2, 0) is 6.54 Å². The van der Waals surface area contributed by atoms with Gasteiger partial charge in [0.25, 0.3) is 0 Å². The molecule has 1 aromatic heterocycles. The molecule has 94 valence electrons. The highest BCUT2D eigenvalue weighted by atomic mass is 16.4. The molecule has 0 spiro atoms. The molecule has 1 aliphatic rings. The van der Waals surface area contributed by atoms with Crippen LogP contribution >= 0.6 is 0 Å². The molecule has 5 heteroatoms. The third kappa shape index (κ3) is 1.96. The van der Waals surface area contributed by atoms with E-state index in [9.17, 15) is 4.79 Å². The van der Waals surface area contributed by atoms with Crippen molar-refractivity contribution in [2.45, 2.75) is 26.3 Å². The lowest BCUT2D eigenvalue weighted by molar-refractivity contribution is 0.0697. The monoisotopic (exact) mass is 245 g/mol. The van der Waals surface area contributed by atoms with Crippen LogP contribution in [0.15, 0.2) is 18.2 Å². The van der Waals surface area contributed by atoms with E-state index in [1.807, 2.05) is 4.68 Å². The maximum Gasteiger partial charge on any atom is 0.335 e. The molecule has 3 rings (SSSR count). The summed E-state index contributed by atoms with van der Waals surface area (Å²) in [5.41, 5.74) is 1.84. The van der Waals surface area contributed by atoms with Crippen LogP contribution in [-0.4, -0.2) is 26.1 Å². The van der Waals surface area contributed by atoms with Crippen molar-refractivity contribution >= 4 is 17.0 Å². The van der Waals surface area contributed by atoms with E-state index in [4.69, 9.17) is 5.11 Å². The van der Waals surface area contributed by atoms with Gasteiger partial charge in [-0.25, -0.2) is 9.48 Å². The molecule has 18 heavy (non-hydrogen) atoms. The van der Waals surface area contributed by atoms with E-state index in [0.29, 0.717) is 5.92 Å². The third-order valence-corrected chi connectivity index (χ3v) is 3.65. The van der Waals surface area contributed by atoms with Gasteiger partial charge in [0.15, 0.2) is 0 Å². The molecule has 1 saturated carbocycles. The Balaban J connectivity index is 1.95. The Kier molecular flexibility index (Phi) is 2.54. The highest BCUT2D eigenvalue weighted by molar-refractivity contribution is 5.92. The average Bonchev–Trinajstić information content (AvgIpc) is 3.13. The van der Waals surface area contributed by atoms with Crippen LogP contribution in [0, 0.1) is 11.8 Å². The van der Waals surface area contributed by atoms with Gasteiger partial charge in [-0.3, -0.25) is 0 Å². The van der Waals surface area contributed by atoms with Crippen molar-refractivity contribution in [1.82, 2.24) is 15.0 Å². The molecule has 1 N–H and O–H groups in total. The smallest absolute Gasteiger partial charge is 0.335 e. The first-order valence-electron chi connectivity index (χ1n) is 6.21. The van der Waals surface area contributed by atoms with E-state index in [2.05, 4.69) is 17.2 Å². The zero-order valence-electron chi connectivity index (χ0n) is 10.2. The fourth-order valence-electron chi connectivity index (χ4n) is 2.32. The molecule has 1 heterocycles. The summed E-state index contributed by atoms with van der Waals surface area (Å²) in [4.78, 5) is 11.0. The molecule has 1 fully saturated rings. The SMILES string of the molecule is CC(Cn1nnc2ccc(C(=O)O)cc21)C1CC1. The van der Waals surface area contributed by atoms with Crippen LogP contribution in [0.25, 0.3) is 11.0 Å². The molecule has 5 nitrogen and oxygen atoms in total. The van der Waals surface area contributed by atoms with Crippen molar-refractivity contribution in [2.75, 3.05) is 0 Å². The largest absolute Gasteiger partial charge is 0.478 e. The van der Waals surface area contributed by atoms with E-state index in [1.54, 1.807) is 18.2 Å². The number of carboxylic acids is 1. The maximum atomic E-state index is 11.0. The Labute approximate surface area is 104 Å². The lowest BCUT2D eigenvalue weighted by Crippen LogP contribution is -2.11. The first-order valence-corrected chi connectivity index (χ1v) is 6.21. The van der Waals surface area contributed by atoms with Crippen LogP contribution in [0.5, 0.6) is 0 Å². The molecule has 0 amide bonds. The van der Waals surface area contributed by atoms with Gasteiger partial charge in [-0.2, -0.15) is 0 Å². The minimum absolute atomic E-state index is 0.283. The van der Waals surface area contributed by atoms with Crippen LogP contribution < -0.4 is 0 Å². The topological polar surface area (TPSA) is 68.0 Å². The summed E-state index contributed by atoms with van der Waals surface area (Å²) < 4.78 is 1.82. The van der Waals surface area contributed by atoms with E-state index >= 15 is 0 Å². The first-order chi connectivity index (χ1) is 8.65. The highest BCUT2D eigenvalue weighted by Crippen LogP contribution is 2.37. The first kappa shape index (κ1) is 11.2. The second kappa shape index (κ2) is 4.08. The van der Waals surface area contributed by atoms with Crippen LogP contribution in [0.4, 0.5) is 0 Å². The minimum atomic E-state index is -0.917. The number of benzene rings is 1. The third-order valence-electron chi connectivity index (χ3n) is 3.65. The Morgan fingerprint density at radius 1 is 1.56 bits per heavy atom. The fourth-order valence-corrected chi connectivity index (χ4v) is 2.32. The molecule has 1 atom stereocenters. The van der Waals surface area contributed by atoms with Crippen molar-refractivity contribution in [3.8, 4) is 0 Å². The average molecular weight is 245 g/mol. The highest BCUT2D eigenvalue weighted by Gasteiger charge is 2.28. The standard InChI is InChI=1S/C13H15N3O2/c1-8(9-2-3-9)7-16-12-6-10(13(17)18)4-5-11(12)14-15-16/h4-6,8-9H,2-3,7H2,1H3,(H,17,18). The summed E-state index contributed by atoms with van der Waals surface area (Å²) in [5, 5.41) is 17.2. The number of nitrogens with zero attached hydrogens (tertiary/aromatic N) is 3. The summed E-state index contributed by atoms with van der Waals surface area (Å²) in [5.74, 6) is 0.454. The Bertz CT molecular complexity index is 601. The number of hydrogen-bond acceptors (Lipinski definition) is 3. The number of carbonyl (C=O) groups is 1. The Hall–Kier alpha value is -1.91. The van der Waals surface area contributed by atoms with E-state index < -0.39 is 5.97 Å².